The molecule has 0 unspecified atom stereocenters. The molecule has 0 fully saturated rings. The molecule has 1 aromatic heterocycles. The van der Waals surface area contributed by atoms with E-state index in [2.05, 4.69) is 20.7 Å². The number of hydrogen-bond donors (Lipinski definition) is 3. The van der Waals surface area contributed by atoms with Crippen LogP contribution in [0.5, 0.6) is 0 Å². The summed E-state index contributed by atoms with van der Waals surface area (Å²) in [7, 11) is -3.62. The fraction of sp³-hybridized carbons (Fsp3) is 0.100. The first kappa shape index (κ1) is 13.9. The van der Waals surface area contributed by atoms with E-state index in [0.717, 1.165) is 18.4 Å². The van der Waals surface area contributed by atoms with Gasteiger partial charge in [-0.2, -0.15) is 15.4 Å². The zero-order valence-corrected chi connectivity index (χ0v) is 11.0. The third kappa shape index (κ3) is 3.51. The summed E-state index contributed by atoms with van der Waals surface area (Å²) >= 11 is 0. The number of aromatic amines is 1. The number of nitrogens with one attached hydrogen (secondary N) is 3. The SMILES string of the molecule is CS(=O)(=O)Nc1cc(NC(=O)c2cn[nH]n2)ccc1F. The average molecular weight is 299 g/mol. The number of nitrogens with zero attached hydrogens (tertiary/aromatic N) is 2. The van der Waals surface area contributed by atoms with Crippen LogP contribution in [0.3, 0.4) is 0 Å². The van der Waals surface area contributed by atoms with E-state index in [1.807, 2.05) is 4.72 Å². The molecule has 0 spiro atoms. The van der Waals surface area contributed by atoms with Crippen LogP contribution in [-0.2, 0) is 10.0 Å². The Kier molecular flexibility index (Phi) is 3.66. The van der Waals surface area contributed by atoms with Gasteiger partial charge in [0.15, 0.2) is 5.69 Å². The first-order valence-electron chi connectivity index (χ1n) is 5.29. The Hall–Kier alpha value is -2.49. The average Bonchev–Trinajstić information content (AvgIpc) is 2.85. The van der Waals surface area contributed by atoms with E-state index in [9.17, 15) is 17.6 Å². The van der Waals surface area contributed by atoms with Crippen LogP contribution in [0.4, 0.5) is 15.8 Å². The second-order valence-electron chi connectivity index (χ2n) is 3.88. The largest absolute Gasteiger partial charge is 0.320 e. The number of hydrogen-bond acceptors (Lipinski definition) is 5. The number of aromatic nitrogens is 3. The summed E-state index contributed by atoms with van der Waals surface area (Å²) in [6, 6.07) is 3.49. The summed E-state index contributed by atoms with van der Waals surface area (Å²) in [6.07, 6.45) is 2.11. The highest BCUT2D eigenvalue weighted by Gasteiger charge is 2.12. The molecular weight excluding hydrogens is 289 g/mol. The van der Waals surface area contributed by atoms with Crippen molar-refractivity contribution < 1.29 is 17.6 Å². The van der Waals surface area contributed by atoms with Gasteiger partial charge in [0.25, 0.3) is 5.91 Å². The van der Waals surface area contributed by atoms with Crippen molar-refractivity contribution in [2.75, 3.05) is 16.3 Å². The predicted molar refractivity (Wildman–Crippen MR) is 69.2 cm³/mol. The molecule has 0 radical (unpaired) electrons. The molecule has 1 aromatic carbocycles. The van der Waals surface area contributed by atoms with Crippen molar-refractivity contribution in [2.45, 2.75) is 0 Å². The van der Waals surface area contributed by atoms with Gasteiger partial charge in [-0.25, -0.2) is 12.8 Å². The van der Waals surface area contributed by atoms with Gasteiger partial charge in [0.2, 0.25) is 10.0 Å². The quantitative estimate of drug-likeness (QED) is 0.763. The van der Waals surface area contributed by atoms with Gasteiger partial charge in [0.05, 0.1) is 18.1 Å². The van der Waals surface area contributed by atoms with Crippen molar-refractivity contribution in [3.63, 3.8) is 0 Å². The number of carbonyl (C=O) groups is 1. The Morgan fingerprint density at radius 1 is 1.40 bits per heavy atom. The first-order chi connectivity index (χ1) is 9.35. The molecule has 0 aliphatic carbocycles. The lowest BCUT2D eigenvalue weighted by Gasteiger charge is -2.08. The van der Waals surface area contributed by atoms with E-state index in [0.29, 0.717) is 0 Å². The molecule has 20 heavy (non-hydrogen) atoms. The first-order valence-corrected chi connectivity index (χ1v) is 7.19. The number of amides is 1. The molecule has 1 amide bonds. The Labute approximate surface area is 113 Å². The van der Waals surface area contributed by atoms with Crippen molar-refractivity contribution >= 4 is 27.3 Å². The molecular formula is C10H10FN5O3S. The zero-order valence-electron chi connectivity index (χ0n) is 10.2. The van der Waals surface area contributed by atoms with E-state index in [1.165, 1.54) is 12.3 Å². The highest BCUT2D eigenvalue weighted by molar-refractivity contribution is 7.92. The van der Waals surface area contributed by atoms with Crippen LogP contribution in [-0.4, -0.2) is 36.0 Å². The lowest BCUT2D eigenvalue weighted by molar-refractivity contribution is 0.102. The van der Waals surface area contributed by atoms with Crippen LogP contribution in [0, 0.1) is 5.82 Å². The monoisotopic (exact) mass is 299 g/mol. The van der Waals surface area contributed by atoms with Crippen molar-refractivity contribution in [1.82, 2.24) is 15.4 Å². The van der Waals surface area contributed by atoms with Crippen LogP contribution >= 0.6 is 0 Å². The van der Waals surface area contributed by atoms with Crippen molar-refractivity contribution in [3.8, 4) is 0 Å². The fourth-order valence-electron chi connectivity index (χ4n) is 1.39. The Morgan fingerprint density at radius 2 is 2.15 bits per heavy atom. The van der Waals surface area contributed by atoms with Crippen LogP contribution in [0.25, 0.3) is 0 Å². The van der Waals surface area contributed by atoms with Gasteiger partial charge < -0.3 is 5.32 Å². The smallest absolute Gasteiger partial charge is 0.277 e. The summed E-state index contributed by atoms with van der Waals surface area (Å²) in [5.41, 5.74) is 0.00273. The number of halogens is 1. The number of rotatable bonds is 4. The van der Waals surface area contributed by atoms with Gasteiger partial charge in [-0.15, -0.1) is 0 Å². The van der Waals surface area contributed by atoms with Crippen molar-refractivity contribution in [1.29, 1.82) is 0 Å². The highest BCUT2D eigenvalue weighted by Crippen LogP contribution is 2.20. The molecule has 106 valence electrons. The molecule has 0 aliphatic heterocycles. The van der Waals surface area contributed by atoms with E-state index >= 15 is 0 Å². The third-order valence-electron chi connectivity index (χ3n) is 2.17. The summed E-state index contributed by atoms with van der Waals surface area (Å²) in [4.78, 5) is 11.7. The van der Waals surface area contributed by atoms with E-state index < -0.39 is 21.7 Å². The molecule has 2 rings (SSSR count). The second-order valence-corrected chi connectivity index (χ2v) is 5.63. The van der Waals surface area contributed by atoms with Gasteiger partial charge in [-0.05, 0) is 18.2 Å². The Morgan fingerprint density at radius 3 is 2.75 bits per heavy atom. The molecule has 3 N–H and O–H groups in total. The number of sulfonamides is 1. The standard InChI is InChI=1S/C10H10FN5O3S/c1-20(18,19)15-8-4-6(2-3-7(8)11)13-10(17)9-5-12-16-14-9/h2-5,15H,1H3,(H,13,17)(H,12,14,16). The van der Waals surface area contributed by atoms with Crippen LogP contribution < -0.4 is 10.0 Å². The maximum absolute atomic E-state index is 13.4. The number of anilines is 2. The summed E-state index contributed by atoms with van der Waals surface area (Å²) in [6.45, 7) is 0. The number of carbonyl (C=O) groups excluding carboxylic acids is 1. The Balaban J connectivity index is 2.21. The topological polar surface area (TPSA) is 117 Å². The Bertz CT molecular complexity index is 729. The molecule has 0 saturated heterocycles. The van der Waals surface area contributed by atoms with Crippen LogP contribution in [0.2, 0.25) is 0 Å². The van der Waals surface area contributed by atoms with E-state index in [-0.39, 0.29) is 17.1 Å². The molecule has 0 saturated carbocycles. The maximum Gasteiger partial charge on any atom is 0.277 e. The van der Waals surface area contributed by atoms with Gasteiger partial charge in [-0.1, -0.05) is 0 Å². The molecule has 10 heteroatoms. The number of H-pyrrole nitrogens is 1. The molecule has 0 bridgehead atoms. The molecule has 8 nitrogen and oxygen atoms in total. The van der Waals surface area contributed by atoms with Crippen LogP contribution in [0.15, 0.2) is 24.4 Å². The predicted octanol–water partition coefficient (Wildman–Crippen LogP) is 0.568. The third-order valence-corrected chi connectivity index (χ3v) is 2.76. The van der Waals surface area contributed by atoms with Crippen LogP contribution in [0.1, 0.15) is 10.5 Å². The van der Waals surface area contributed by atoms with Gasteiger partial charge in [0, 0.05) is 5.69 Å². The lowest BCUT2D eigenvalue weighted by Crippen LogP contribution is -2.14. The van der Waals surface area contributed by atoms with Gasteiger partial charge in [-0.3, -0.25) is 9.52 Å². The second kappa shape index (κ2) is 5.25. The summed E-state index contributed by atoms with van der Waals surface area (Å²) in [5.74, 6) is -1.31. The molecule has 0 atom stereocenters. The summed E-state index contributed by atoms with van der Waals surface area (Å²) < 4.78 is 37.6. The van der Waals surface area contributed by atoms with Crippen molar-refractivity contribution in [2.24, 2.45) is 0 Å². The minimum absolute atomic E-state index is 0.0481. The normalized spacial score (nSPS) is 11.1. The molecule has 1 heterocycles. The lowest BCUT2D eigenvalue weighted by atomic mass is 10.2. The van der Waals surface area contributed by atoms with Gasteiger partial charge in [0.1, 0.15) is 5.82 Å². The van der Waals surface area contributed by atoms with Crippen molar-refractivity contribution in [3.05, 3.63) is 35.9 Å². The van der Waals surface area contributed by atoms with E-state index in [1.54, 1.807) is 0 Å². The number of benzene rings is 1. The minimum Gasteiger partial charge on any atom is -0.320 e. The molecule has 0 aliphatic rings. The fourth-order valence-corrected chi connectivity index (χ4v) is 1.94. The maximum atomic E-state index is 13.4. The molecule has 2 aromatic rings. The van der Waals surface area contributed by atoms with E-state index in [4.69, 9.17) is 0 Å². The zero-order chi connectivity index (χ0) is 14.8. The highest BCUT2D eigenvalue weighted by atomic mass is 32.2. The summed E-state index contributed by atoms with van der Waals surface area (Å²) in [5, 5.41) is 11.8. The minimum atomic E-state index is -3.62. The van der Waals surface area contributed by atoms with Gasteiger partial charge >= 0.3 is 0 Å².